The lowest BCUT2D eigenvalue weighted by molar-refractivity contribution is -0.119. The predicted octanol–water partition coefficient (Wildman–Crippen LogP) is 3.49. The third-order valence-corrected chi connectivity index (χ3v) is 5.42. The van der Waals surface area contributed by atoms with E-state index in [1.165, 1.54) is 17.1 Å². The molecule has 0 radical (unpaired) electrons. The van der Waals surface area contributed by atoms with Crippen molar-refractivity contribution in [3.63, 3.8) is 0 Å². The summed E-state index contributed by atoms with van der Waals surface area (Å²) in [6.45, 7) is 5.31. The molecule has 8 nitrogen and oxygen atoms in total. The highest BCUT2D eigenvalue weighted by Crippen LogP contribution is 2.27. The number of carbonyl (C=O) groups excluding carboxylic acids is 1. The molecule has 0 saturated heterocycles. The number of rotatable bonds is 6. The molecule has 3 aromatic rings. The van der Waals surface area contributed by atoms with E-state index in [2.05, 4.69) is 10.3 Å². The van der Waals surface area contributed by atoms with Crippen molar-refractivity contribution in [2.75, 3.05) is 12.4 Å². The van der Waals surface area contributed by atoms with Crippen LogP contribution in [0, 0.1) is 0 Å². The standard InChI is InChI=1S/C20H21N3O5S/c1-10(2)16-22-18-15(12(9-29-18)20(26)27)19(25)23(16)11(3)17(24)21-13-7-5-6-8-14(13)28-4/h5-11H,1-4H3,(H,21,24)(H,26,27). The van der Waals surface area contributed by atoms with E-state index >= 15 is 0 Å². The molecule has 0 saturated carbocycles. The van der Waals surface area contributed by atoms with E-state index in [1.54, 1.807) is 31.2 Å². The Kier molecular flexibility index (Phi) is 5.69. The topological polar surface area (TPSA) is 111 Å². The number of aromatic carboxylic acids is 1. The van der Waals surface area contributed by atoms with Gasteiger partial charge in [-0.3, -0.25) is 14.2 Å². The van der Waals surface area contributed by atoms with Gasteiger partial charge in [-0.15, -0.1) is 11.3 Å². The highest BCUT2D eigenvalue weighted by molar-refractivity contribution is 7.17. The van der Waals surface area contributed by atoms with Crippen LogP contribution >= 0.6 is 11.3 Å². The van der Waals surface area contributed by atoms with Crippen molar-refractivity contribution in [1.29, 1.82) is 0 Å². The quantitative estimate of drug-likeness (QED) is 0.638. The Balaban J connectivity index is 2.11. The number of carboxylic acids is 1. The minimum absolute atomic E-state index is 0.0174. The number of carboxylic acid groups (broad SMARTS) is 1. The van der Waals surface area contributed by atoms with Gasteiger partial charge in [0.1, 0.15) is 22.4 Å². The van der Waals surface area contributed by atoms with Crippen molar-refractivity contribution in [2.45, 2.75) is 32.7 Å². The minimum Gasteiger partial charge on any atom is -0.495 e. The first kappa shape index (κ1) is 20.5. The second kappa shape index (κ2) is 8.04. The molecule has 1 aromatic carbocycles. The van der Waals surface area contributed by atoms with Crippen molar-refractivity contribution in [2.24, 2.45) is 0 Å². The van der Waals surface area contributed by atoms with Crippen LogP contribution in [0.1, 0.15) is 48.9 Å². The van der Waals surface area contributed by atoms with Gasteiger partial charge in [-0.2, -0.15) is 0 Å². The van der Waals surface area contributed by atoms with E-state index in [9.17, 15) is 19.5 Å². The summed E-state index contributed by atoms with van der Waals surface area (Å²) >= 11 is 1.10. The number of methoxy groups -OCH3 is 1. The lowest BCUT2D eigenvalue weighted by Crippen LogP contribution is -2.35. The van der Waals surface area contributed by atoms with Crippen LogP contribution in [0.2, 0.25) is 0 Å². The van der Waals surface area contributed by atoms with Gasteiger partial charge in [-0.25, -0.2) is 9.78 Å². The number of amides is 1. The number of hydrogen-bond donors (Lipinski definition) is 2. The summed E-state index contributed by atoms with van der Waals surface area (Å²) in [6, 6.07) is 6.03. The normalized spacial score (nSPS) is 12.2. The smallest absolute Gasteiger partial charge is 0.337 e. The number of para-hydroxylation sites is 2. The average molecular weight is 415 g/mol. The van der Waals surface area contributed by atoms with E-state index in [0.717, 1.165) is 11.3 Å². The molecule has 0 aliphatic heterocycles. The first-order valence-corrected chi connectivity index (χ1v) is 9.85. The molecule has 9 heteroatoms. The zero-order valence-electron chi connectivity index (χ0n) is 16.4. The Hall–Kier alpha value is -3.20. The monoisotopic (exact) mass is 415 g/mol. The van der Waals surface area contributed by atoms with E-state index in [1.807, 2.05) is 13.8 Å². The van der Waals surface area contributed by atoms with Gasteiger partial charge >= 0.3 is 5.97 Å². The van der Waals surface area contributed by atoms with E-state index in [4.69, 9.17) is 4.74 Å². The fourth-order valence-electron chi connectivity index (χ4n) is 3.06. The van der Waals surface area contributed by atoms with Crippen LogP contribution in [0.15, 0.2) is 34.4 Å². The van der Waals surface area contributed by atoms with Gasteiger partial charge < -0.3 is 15.2 Å². The van der Waals surface area contributed by atoms with Crippen molar-refractivity contribution < 1.29 is 19.4 Å². The fraction of sp³-hybridized carbons (Fsp3) is 0.300. The van der Waals surface area contributed by atoms with Gasteiger partial charge in [0.2, 0.25) is 5.91 Å². The van der Waals surface area contributed by atoms with E-state index < -0.39 is 23.5 Å². The van der Waals surface area contributed by atoms with Gasteiger partial charge in [-0.05, 0) is 19.1 Å². The molecule has 2 heterocycles. The van der Waals surface area contributed by atoms with Crippen LogP contribution < -0.4 is 15.6 Å². The third kappa shape index (κ3) is 3.73. The molecule has 0 aliphatic rings. The SMILES string of the molecule is COc1ccccc1NC(=O)C(C)n1c(C(C)C)nc2scc(C(=O)O)c2c1=O. The molecule has 0 aliphatic carbocycles. The Labute approximate surface area is 170 Å². The Morgan fingerprint density at radius 3 is 2.55 bits per heavy atom. The number of carbonyl (C=O) groups is 2. The minimum atomic E-state index is -1.20. The second-order valence-corrected chi connectivity index (χ2v) is 7.66. The second-order valence-electron chi connectivity index (χ2n) is 6.80. The molecular weight excluding hydrogens is 394 g/mol. The number of thiophene rings is 1. The molecule has 1 unspecified atom stereocenters. The Morgan fingerprint density at radius 2 is 1.93 bits per heavy atom. The largest absolute Gasteiger partial charge is 0.495 e. The summed E-state index contributed by atoms with van der Waals surface area (Å²) in [6.07, 6.45) is 0. The lowest BCUT2D eigenvalue weighted by Gasteiger charge is -2.21. The molecular formula is C20H21N3O5S. The fourth-order valence-corrected chi connectivity index (χ4v) is 3.97. The number of aromatic nitrogens is 2. The van der Waals surface area contributed by atoms with Gasteiger partial charge in [-0.1, -0.05) is 26.0 Å². The van der Waals surface area contributed by atoms with Crippen molar-refractivity contribution in [3.05, 3.63) is 51.4 Å². The van der Waals surface area contributed by atoms with Crippen LogP contribution in [0.5, 0.6) is 5.75 Å². The Morgan fingerprint density at radius 1 is 1.24 bits per heavy atom. The molecule has 1 atom stereocenters. The number of fused-ring (bicyclic) bond motifs is 1. The van der Waals surface area contributed by atoms with E-state index in [0.29, 0.717) is 22.1 Å². The number of nitrogens with zero attached hydrogens (tertiary/aromatic N) is 2. The highest BCUT2D eigenvalue weighted by atomic mass is 32.1. The van der Waals surface area contributed by atoms with Gasteiger partial charge in [0.15, 0.2) is 0 Å². The van der Waals surface area contributed by atoms with Crippen LogP contribution in [0.3, 0.4) is 0 Å². The number of anilines is 1. The molecule has 0 spiro atoms. The molecule has 0 bridgehead atoms. The first-order chi connectivity index (χ1) is 13.8. The molecule has 2 N–H and O–H groups in total. The highest BCUT2D eigenvalue weighted by Gasteiger charge is 2.26. The zero-order chi connectivity index (χ0) is 21.3. The van der Waals surface area contributed by atoms with Crippen LogP contribution in [0.25, 0.3) is 10.2 Å². The summed E-state index contributed by atoms with van der Waals surface area (Å²) in [5.41, 5.74) is -0.175. The lowest BCUT2D eigenvalue weighted by atomic mass is 10.1. The number of hydrogen-bond acceptors (Lipinski definition) is 6. The summed E-state index contributed by atoms with van der Waals surface area (Å²) in [4.78, 5) is 42.5. The van der Waals surface area contributed by atoms with Gasteiger partial charge in [0.05, 0.1) is 23.7 Å². The number of ether oxygens (including phenoxy) is 1. The molecule has 0 fully saturated rings. The maximum atomic E-state index is 13.2. The van der Waals surface area contributed by atoms with Crippen molar-refractivity contribution in [1.82, 2.24) is 9.55 Å². The zero-order valence-corrected chi connectivity index (χ0v) is 17.2. The molecule has 2 aromatic heterocycles. The van der Waals surface area contributed by atoms with Crippen molar-refractivity contribution in [3.8, 4) is 5.75 Å². The maximum Gasteiger partial charge on any atom is 0.337 e. The molecule has 1 amide bonds. The van der Waals surface area contributed by atoms with Crippen molar-refractivity contribution >= 4 is 39.1 Å². The maximum absolute atomic E-state index is 13.2. The van der Waals surface area contributed by atoms with E-state index in [-0.39, 0.29) is 16.9 Å². The van der Waals surface area contributed by atoms with Crippen LogP contribution in [-0.4, -0.2) is 33.6 Å². The van der Waals surface area contributed by atoms with Crippen LogP contribution in [-0.2, 0) is 4.79 Å². The molecule has 29 heavy (non-hydrogen) atoms. The molecule has 3 rings (SSSR count). The predicted molar refractivity (Wildman–Crippen MR) is 111 cm³/mol. The summed E-state index contributed by atoms with van der Waals surface area (Å²) < 4.78 is 6.52. The summed E-state index contributed by atoms with van der Waals surface area (Å²) in [5, 5.41) is 13.6. The first-order valence-electron chi connectivity index (χ1n) is 8.97. The summed E-state index contributed by atoms with van der Waals surface area (Å²) in [7, 11) is 1.50. The Bertz CT molecular complexity index is 1150. The molecule has 152 valence electrons. The number of benzene rings is 1. The van der Waals surface area contributed by atoms with Gasteiger partial charge in [0, 0.05) is 11.3 Å². The third-order valence-electron chi connectivity index (χ3n) is 4.55. The summed E-state index contributed by atoms with van der Waals surface area (Å²) in [5.74, 6) is -0.881. The van der Waals surface area contributed by atoms with Crippen LogP contribution in [0.4, 0.5) is 5.69 Å². The number of nitrogens with one attached hydrogen (secondary N) is 1. The average Bonchev–Trinajstić information content (AvgIpc) is 3.12. The van der Waals surface area contributed by atoms with Gasteiger partial charge in [0.25, 0.3) is 5.56 Å².